The molecule has 0 spiro atoms. The maximum absolute atomic E-state index is 9.17. The van der Waals surface area contributed by atoms with Crippen molar-refractivity contribution >= 4 is 24.8 Å². The predicted octanol–water partition coefficient (Wildman–Crippen LogP) is 2.26. The molecule has 1 aromatic rings. The number of rotatable bonds is 3. The average Bonchev–Trinajstić information content (AvgIpc) is 2.46. The molecule has 0 aromatic heterocycles. The van der Waals surface area contributed by atoms with Crippen molar-refractivity contribution < 1.29 is 0 Å². The van der Waals surface area contributed by atoms with Crippen molar-refractivity contribution in [1.82, 2.24) is 10.2 Å². The highest BCUT2D eigenvalue weighted by molar-refractivity contribution is 5.85. The van der Waals surface area contributed by atoms with Crippen molar-refractivity contribution in [3.63, 3.8) is 0 Å². The van der Waals surface area contributed by atoms with E-state index in [1.807, 2.05) is 24.3 Å². The maximum atomic E-state index is 9.17. The summed E-state index contributed by atoms with van der Waals surface area (Å²) in [6.45, 7) is 3.73. The maximum Gasteiger partial charge on any atom is 0.0995 e. The van der Waals surface area contributed by atoms with Crippen LogP contribution in [0.4, 0.5) is 0 Å². The van der Waals surface area contributed by atoms with Crippen molar-refractivity contribution in [2.24, 2.45) is 0 Å². The molecule has 0 radical (unpaired) electrons. The van der Waals surface area contributed by atoms with Gasteiger partial charge in [-0.2, -0.15) is 10.5 Å². The molecule has 0 bridgehead atoms. The van der Waals surface area contributed by atoms with E-state index in [4.69, 9.17) is 5.26 Å². The number of nitriles is 2. The van der Waals surface area contributed by atoms with Gasteiger partial charge in [-0.05, 0) is 11.6 Å². The highest BCUT2D eigenvalue weighted by Crippen LogP contribution is 2.26. The number of piperazine rings is 1. The van der Waals surface area contributed by atoms with Crippen LogP contribution in [0.2, 0.25) is 0 Å². The molecule has 1 aliphatic heterocycles. The molecule has 1 heterocycles. The lowest BCUT2D eigenvalue weighted by molar-refractivity contribution is 0.175. The van der Waals surface area contributed by atoms with Crippen LogP contribution < -0.4 is 5.32 Å². The molecular weight excluding hydrogens is 295 g/mol. The summed E-state index contributed by atoms with van der Waals surface area (Å²) in [6, 6.07) is 12.1. The fourth-order valence-electron chi connectivity index (χ4n) is 2.41. The van der Waals surface area contributed by atoms with E-state index in [1.165, 1.54) is 0 Å². The zero-order valence-corrected chi connectivity index (χ0v) is 12.7. The van der Waals surface area contributed by atoms with Gasteiger partial charge in [0.2, 0.25) is 0 Å². The van der Waals surface area contributed by atoms with Crippen LogP contribution in [-0.2, 0) is 0 Å². The number of hydrogen-bond acceptors (Lipinski definition) is 4. The Morgan fingerprint density at radius 1 is 1.15 bits per heavy atom. The van der Waals surface area contributed by atoms with Crippen LogP contribution in [-0.4, -0.2) is 31.1 Å². The molecule has 108 valence electrons. The van der Waals surface area contributed by atoms with Crippen molar-refractivity contribution in [3.8, 4) is 12.1 Å². The third-order valence-electron chi connectivity index (χ3n) is 3.32. The van der Waals surface area contributed by atoms with Gasteiger partial charge >= 0.3 is 0 Å². The Balaban J connectivity index is 0.00000180. The van der Waals surface area contributed by atoms with Crippen LogP contribution in [0, 0.1) is 22.7 Å². The molecule has 6 heteroatoms. The SMILES string of the molecule is Cl.Cl.N#CC[C@H](c1ccccc1C#N)N1CCNCC1. The number of halogens is 2. The van der Waals surface area contributed by atoms with E-state index < -0.39 is 0 Å². The average molecular weight is 313 g/mol. The Kier molecular flexibility index (Phi) is 8.96. The van der Waals surface area contributed by atoms with Gasteiger partial charge in [-0.25, -0.2) is 0 Å². The highest BCUT2D eigenvalue weighted by atomic mass is 35.5. The Labute approximate surface area is 132 Å². The second-order valence-corrected chi connectivity index (χ2v) is 4.36. The Bertz CT molecular complexity index is 487. The second-order valence-electron chi connectivity index (χ2n) is 4.36. The van der Waals surface area contributed by atoms with E-state index in [9.17, 15) is 5.26 Å². The van der Waals surface area contributed by atoms with Gasteiger partial charge in [-0.1, -0.05) is 18.2 Å². The quantitative estimate of drug-likeness (QED) is 0.930. The fourth-order valence-corrected chi connectivity index (χ4v) is 2.41. The molecule has 0 unspecified atom stereocenters. The van der Waals surface area contributed by atoms with Gasteiger partial charge in [0.05, 0.1) is 24.1 Å². The van der Waals surface area contributed by atoms with Crippen LogP contribution in [0.25, 0.3) is 0 Å². The van der Waals surface area contributed by atoms with E-state index >= 15 is 0 Å². The minimum absolute atomic E-state index is 0. The van der Waals surface area contributed by atoms with E-state index in [0.29, 0.717) is 12.0 Å². The first-order valence-electron chi connectivity index (χ1n) is 6.17. The number of nitrogens with zero attached hydrogens (tertiary/aromatic N) is 3. The summed E-state index contributed by atoms with van der Waals surface area (Å²) in [5.41, 5.74) is 1.65. The van der Waals surface area contributed by atoms with Crippen molar-refractivity contribution in [2.75, 3.05) is 26.2 Å². The first kappa shape index (κ1) is 18.7. The summed E-state index contributed by atoms with van der Waals surface area (Å²) in [6.07, 6.45) is 0.429. The summed E-state index contributed by atoms with van der Waals surface area (Å²) >= 11 is 0. The minimum Gasteiger partial charge on any atom is -0.314 e. The third-order valence-corrected chi connectivity index (χ3v) is 3.32. The Morgan fingerprint density at radius 2 is 1.80 bits per heavy atom. The molecule has 1 aromatic carbocycles. The lowest BCUT2D eigenvalue weighted by Gasteiger charge is -2.34. The van der Waals surface area contributed by atoms with Gasteiger partial charge in [0.25, 0.3) is 0 Å². The summed E-state index contributed by atoms with van der Waals surface area (Å²) in [5, 5.41) is 21.5. The third kappa shape index (κ3) is 4.37. The summed E-state index contributed by atoms with van der Waals surface area (Å²) in [4.78, 5) is 2.29. The molecule has 1 saturated heterocycles. The summed E-state index contributed by atoms with van der Waals surface area (Å²) in [7, 11) is 0. The van der Waals surface area contributed by atoms with Gasteiger partial charge in [0.1, 0.15) is 0 Å². The Hall–Kier alpha value is -1.30. The zero-order chi connectivity index (χ0) is 12.8. The molecule has 1 aliphatic rings. The molecule has 0 saturated carbocycles. The predicted molar refractivity (Wildman–Crippen MR) is 83.1 cm³/mol. The molecule has 1 fully saturated rings. The van der Waals surface area contributed by atoms with E-state index in [-0.39, 0.29) is 30.9 Å². The summed E-state index contributed by atoms with van der Waals surface area (Å²) < 4.78 is 0. The van der Waals surface area contributed by atoms with Crippen LogP contribution in [0.1, 0.15) is 23.6 Å². The van der Waals surface area contributed by atoms with Gasteiger partial charge in [-0.15, -0.1) is 24.8 Å². The zero-order valence-electron chi connectivity index (χ0n) is 11.1. The lowest BCUT2D eigenvalue weighted by Crippen LogP contribution is -2.45. The molecule has 1 N–H and O–H groups in total. The van der Waals surface area contributed by atoms with Gasteiger partial charge < -0.3 is 5.32 Å². The molecule has 0 aliphatic carbocycles. The number of nitrogens with one attached hydrogen (secondary N) is 1. The number of benzene rings is 1. The van der Waals surface area contributed by atoms with Gasteiger partial charge in [0.15, 0.2) is 0 Å². The van der Waals surface area contributed by atoms with Crippen LogP contribution in [0.15, 0.2) is 24.3 Å². The van der Waals surface area contributed by atoms with Gasteiger partial charge in [-0.3, -0.25) is 4.90 Å². The molecule has 0 amide bonds. The fraction of sp³-hybridized carbons (Fsp3) is 0.429. The molecule has 2 rings (SSSR count). The lowest BCUT2D eigenvalue weighted by atomic mass is 9.97. The number of hydrogen-bond donors (Lipinski definition) is 1. The largest absolute Gasteiger partial charge is 0.314 e. The van der Waals surface area contributed by atoms with Crippen LogP contribution in [0.3, 0.4) is 0 Å². The first-order valence-corrected chi connectivity index (χ1v) is 6.17. The molecule has 20 heavy (non-hydrogen) atoms. The molecular formula is C14H18Cl2N4. The van der Waals surface area contributed by atoms with Crippen LogP contribution in [0.5, 0.6) is 0 Å². The van der Waals surface area contributed by atoms with Gasteiger partial charge in [0, 0.05) is 32.2 Å². The van der Waals surface area contributed by atoms with Crippen molar-refractivity contribution in [2.45, 2.75) is 12.5 Å². The summed E-state index contributed by atoms with van der Waals surface area (Å²) in [5.74, 6) is 0. The minimum atomic E-state index is 0. The Morgan fingerprint density at radius 3 is 2.40 bits per heavy atom. The monoisotopic (exact) mass is 312 g/mol. The normalized spacial score (nSPS) is 15.9. The highest BCUT2D eigenvalue weighted by Gasteiger charge is 2.23. The van der Waals surface area contributed by atoms with E-state index in [1.54, 1.807) is 0 Å². The van der Waals surface area contributed by atoms with E-state index in [2.05, 4.69) is 22.4 Å². The molecule has 1 atom stereocenters. The van der Waals surface area contributed by atoms with Crippen molar-refractivity contribution in [1.29, 1.82) is 10.5 Å². The second kappa shape index (κ2) is 9.58. The first-order chi connectivity index (χ1) is 8.86. The topological polar surface area (TPSA) is 62.9 Å². The molecule has 4 nitrogen and oxygen atoms in total. The smallest absolute Gasteiger partial charge is 0.0995 e. The standard InChI is InChI=1S/C14H16N4.2ClH/c15-6-5-14(18-9-7-17-8-10-18)13-4-2-1-3-12(13)11-16;;/h1-4,14,17H,5,7-10H2;2*1H/t14-;;/m1../s1. The van der Waals surface area contributed by atoms with E-state index in [0.717, 1.165) is 31.7 Å². The van der Waals surface area contributed by atoms with Crippen LogP contribution >= 0.6 is 24.8 Å². The van der Waals surface area contributed by atoms with Crippen molar-refractivity contribution in [3.05, 3.63) is 35.4 Å².